The van der Waals surface area contributed by atoms with E-state index in [-0.39, 0.29) is 17.3 Å². The van der Waals surface area contributed by atoms with Gasteiger partial charge >= 0.3 is 6.16 Å². The van der Waals surface area contributed by atoms with E-state index >= 15 is 0 Å². The number of fused-ring (bicyclic) bond motifs is 5. The second-order valence-corrected chi connectivity index (χ2v) is 16.4. The zero-order valence-electron chi connectivity index (χ0n) is 30.0. The molecule has 0 bridgehead atoms. The Morgan fingerprint density at radius 3 is 2.21 bits per heavy atom. The van der Waals surface area contributed by atoms with Crippen LogP contribution >= 0.6 is 0 Å². The number of nitrogens with zero attached hydrogens (tertiary/aromatic N) is 2. The Kier molecular flexibility index (Phi) is 10.3. The van der Waals surface area contributed by atoms with E-state index in [1.807, 2.05) is 0 Å². The van der Waals surface area contributed by atoms with Crippen LogP contribution in [0.5, 0.6) is 5.75 Å². The minimum atomic E-state index is -0.647. The van der Waals surface area contributed by atoms with Crippen LogP contribution in [-0.2, 0) is 4.74 Å². The number of allylic oxidation sites excluding steroid dienone is 1. The van der Waals surface area contributed by atoms with Gasteiger partial charge in [-0.3, -0.25) is 4.79 Å². The lowest BCUT2D eigenvalue weighted by Crippen LogP contribution is -2.51. The molecule has 0 spiro atoms. The third-order valence-corrected chi connectivity index (χ3v) is 13.1. The molecule has 0 radical (unpaired) electrons. The molecule has 4 aliphatic rings. The molecule has 0 N–H and O–H groups in total. The van der Waals surface area contributed by atoms with Gasteiger partial charge in [-0.05, 0) is 147 Å². The zero-order chi connectivity index (χ0) is 34.1. The van der Waals surface area contributed by atoms with Crippen LogP contribution in [0, 0.1) is 46.3 Å². The van der Waals surface area contributed by atoms with Crippen LogP contribution in [0.1, 0.15) is 123 Å². The molecule has 258 valence electrons. The van der Waals surface area contributed by atoms with Gasteiger partial charge in [-0.15, -0.1) is 0 Å². The van der Waals surface area contributed by atoms with Crippen LogP contribution in [0.15, 0.2) is 70.4 Å². The first-order chi connectivity index (χ1) is 23.0. The number of ketones is 1. The van der Waals surface area contributed by atoms with Crippen molar-refractivity contribution in [2.75, 3.05) is 0 Å². The summed E-state index contributed by atoms with van der Waals surface area (Å²) in [7, 11) is 0. The largest absolute Gasteiger partial charge is 0.514 e. The Bertz CT molecular complexity index is 1510. The fraction of sp³-hybridized carbons (Fsp3) is 0.619. The highest BCUT2D eigenvalue weighted by Gasteiger charge is 2.59. The van der Waals surface area contributed by atoms with Crippen molar-refractivity contribution in [2.24, 2.45) is 56.6 Å². The summed E-state index contributed by atoms with van der Waals surface area (Å²) >= 11 is 0. The van der Waals surface area contributed by atoms with Gasteiger partial charge in [-0.25, -0.2) is 4.79 Å². The summed E-state index contributed by atoms with van der Waals surface area (Å²) in [6.45, 7) is 14.0. The van der Waals surface area contributed by atoms with Crippen molar-refractivity contribution in [3.63, 3.8) is 0 Å². The predicted octanol–water partition coefficient (Wildman–Crippen LogP) is 12.2. The molecule has 0 heterocycles. The van der Waals surface area contributed by atoms with E-state index in [9.17, 15) is 9.59 Å². The van der Waals surface area contributed by atoms with Crippen LogP contribution in [-0.4, -0.2) is 18.0 Å². The van der Waals surface area contributed by atoms with Crippen LogP contribution in [0.25, 0.3) is 0 Å². The van der Waals surface area contributed by atoms with E-state index in [2.05, 4.69) is 50.9 Å². The molecule has 4 aliphatic carbocycles. The van der Waals surface area contributed by atoms with E-state index in [0.717, 1.165) is 54.8 Å². The lowest BCUT2D eigenvalue weighted by Gasteiger charge is -2.58. The second kappa shape index (κ2) is 14.3. The maximum Gasteiger partial charge on any atom is 0.514 e. The van der Waals surface area contributed by atoms with Gasteiger partial charge < -0.3 is 9.47 Å². The molecule has 3 fully saturated rings. The second-order valence-electron chi connectivity index (χ2n) is 16.4. The Labute approximate surface area is 288 Å². The number of Topliss-reactive ketones (excluding diaryl/α,β-unsaturated/α-hetero) is 1. The van der Waals surface area contributed by atoms with Crippen molar-refractivity contribution in [3.8, 4) is 5.75 Å². The summed E-state index contributed by atoms with van der Waals surface area (Å²) < 4.78 is 11.4. The Morgan fingerprint density at radius 2 is 1.54 bits per heavy atom. The topological polar surface area (TPSA) is 77.3 Å². The first-order valence-corrected chi connectivity index (χ1v) is 18.7. The molecule has 6 nitrogen and oxygen atoms in total. The molecular weight excluding hydrogens is 596 g/mol. The van der Waals surface area contributed by atoms with Crippen molar-refractivity contribution in [1.29, 1.82) is 0 Å². The summed E-state index contributed by atoms with van der Waals surface area (Å²) in [5.41, 5.74) is 4.15. The average Bonchev–Trinajstić information content (AvgIpc) is 3.42. The number of rotatable bonds is 10. The third kappa shape index (κ3) is 7.19. The van der Waals surface area contributed by atoms with E-state index in [0.29, 0.717) is 28.1 Å². The molecule has 0 aromatic heterocycles. The average molecular weight is 653 g/mol. The number of carbonyl (C=O) groups is 2. The van der Waals surface area contributed by atoms with Gasteiger partial charge in [-0.2, -0.15) is 10.2 Å². The smallest absolute Gasteiger partial charge is 0.430 e. The Morgan fingerprint density at radius 1 is 0.854 bits per heavy atom. The van der Waals surface area contributed by atoms with Gasteiger partial charge in [0.1, 0.15) is 11.9 Å². The highest BCUT2D eigenvalue weighted by atomic mass is 16.7. The summed E-state index contributed by atoms with van der Waals surface area (Å²) in [5.74, 6) is 5.33. The van der Waals surface area contributed by atoms with Crippen LogP contribution < -0.4 is 4.74 Å². The molecule has 48 heavy (non-hydrogen) atoms. The molecule has 0 unspecified atom stereocenters. The van der Waals surface area contributed by atoms with Gasteiger partial charge in [0, 0.05) is 12.0 Å². The van der Waals surface area contributed by atoms with Crippen LogP contribution in [0.4, 0.5) is 16.2 Å². The molecule has 6 rings (SSSR count). The molecule has 0 aliphatic heterocycles. The van der Waals surface area contributed by atoms with Gasteiger partial charge in [0.05, 0.1) is 11.4 Å². The van der Waals surface area contributed by atoms with E-state index in [1.165, 1.54) is 63.9 Å². The van der Waals surface area contributed by atoms with Gasteiger partial charge in [0.25, 0.3) is 0 Å². The summed E-state index contributed by atoms with van der Waals surface area (Å²) in [6, 6.07) is 13.9. The molecule has 0 saturated heterocycles. The van der Waals surface area contributed by atoms with E-state index in [1.54, 1.807) is 48.5 Å². The Balaban J connectivity index is 1.02. The van der Waals surface area contributed by atoms with Crippen molar-refractivity contribution in [1.82, 2.24) is 0 Å². The summed E-state index contributed by atoms with van der Waals surface area (Å²) in [4.78, 5) is 24.3. The highest BCUT2D eigenvalue weighted by molar-refractivity contribution is 5.94. The molecule has 2 aromatic rings. The maximum atomic E-state index is 12.8. The molecule has 0 amide bonds. The number of azo groups is 1. The van der Waals surface area contributed by atoms with Crippen molar-refractivity contribution in [3.05, 3.63) is 65.7 Å². The van der Waals surface area contributed by atoms with E-state index in [4.69, 9.17) is 9.47 Å². The van der Waals surface area contributed by atoms with Gasteiger partial charge in [0.15, 0.2) is 5.78 Å². The van der Waals surface area contributed by atoms with Crippen molar-refractivity contribution < 1.29 is 19.1 Å². The van der Waals surface area contributed by atoms with Crippen LogP contribution in [0.3, 0.4) is 0 Å². The zero-order valence-corrected chi connectivity index (χ0v) is 30.0. The molecular formula is C42H56N2O4. The maximum absolute atomic E-state index is 12.8. The lowest BCUT2D eigenvalue weighted by molar-refractivity contribution is -0.0597. The summed E-state index contributed by atoms with van der Waals surface area (Å²) in [6.07, 6.45) is 15.4. The number of ether oxygens (including phenoxy) is 2. The standard InChI is InChI=1S/C42H56N2O4/c1-27(2)8-7-9-28(3)37-20-21-38-36-19-12-31-26-35(22-24-41(31,5)39(36)23-25-42(37,38)6)48-40(46)47-34-17-15-33(16-18-34)44-43-32-13-10-30(11-14-32)29(4)45/h10-18,27-28,35-39H,7-9,19-26H2,1-6H3/t28-,35+,36+,37-,38+,39+,41+,42-/m1/s1. The third-order valence-electron chi connectivity index (χ3n) is 13.1. The number of hydrogen-bond acceptors (Lipinski definition) is 6. The number of hydrogen-bond donors (Lipinski definition) is 0. The van der Waals surface area contributed by atoms with Crippen molar-refractivity contribution in [2.45, 2.75) is 118 Å². The first kappa shape index (κ1) is 34.6. The van der Waals surface area contributed by atoms with Crippen LogP contribution in [0.2, 0.25) is 0 Å². The van der Waals surface area contributed by atoms with E-state index < -0.39 is 6.16 Å². The minimum absolute atomic E-state index is 0.0142. The molecule has 6 heteroatoms. The van der Waals surface area contributed by atoms with Crippen molar-refractivity contribution >= 4 is 23.3 Å². The predicted molar refractivity (Wildman–Crippen MR) is 191 cm³/mol. The normalized spacial score (nSPS) is 31.8. The quantitative estimate of drug-likeness (QED) is 0.0841. The molecule has 3 saturated carbocycles. The highest BCUT2D eigenvalue weighted by Crippen LogP contribution is 2.67. The van der Waals surface area contributed by atoms with Gasteiger partial charge in [-0.1, -0.05) is 65.5 Å². The molecule has 2 aromatic carbocycles. The number of benzene rings is 2. The summed E-state index contributed by atoms with van der Waals surface area (Å²) in [5, 5.41) is 8.48. The van der Waals surface area contributed by atoms with Gasteiger partial charge in [0.2, 0.25) is 0 Å². The number of carbonyl (C=O) groups excluding carboxylic acids is 2. The Hall–Kier alpha value is -3.28. The monoisotopic (exact) mass is 652 g/mol. The lowest BCUT2D eigenvalue weighted by atomic mass is 9.47. The fourth-order valence-corrected chi connectivity index (χ4v) is 10.5. The SMILES string of the molecule is CC(=O)c1ccc(N=Nc2ccc(OC(=O)O[C@H]3CC[C@@]4(C)C(=CC[C@H]5[C@@H]6CC[C@H]([C@H](C)CCCC(C)C)[C@@]6(C)CC[C@@H]54)C3)cc2)cc1. The fourth-order valence-electron chi connectivity index (χ4n) is 10.5. The first-order valence-electron chi connectivity index (χ1n) is 18.7. The minimum Gasteiger partial charge on any atom is -0.430 e. The molecule has 8 atom stereocenters.